The number of likely N-dealkylation sites (tertiary alicyclic amines) is 1. The lowest BCUT2D eigenvalue weighted by Gasteiger charge is -2.41. The first-order chi connectivity index (χ1) is 8.98. The van der Waals surface area contributed by atoms with Gasteiger partial charge in [-0.1, -0.05) is 13.8 Å². The van der Waals surface area contributed by atoms with E-state index in [0.717, 1.165) is 38.9 Å². The van der Waals surface area contributed by atoms with Crippen LogP contribution >= 0.6 is 0 Å². The van der Waals surface area contributed by atoms with Gasteiger partial charge in [0.2, 0.25) is 5.91 Å². The summed E-state index contributed by atoms with van der Waals surface area (Å²) in [5, 5.41) is 3.57. The van der Waals surface area contributed by atoms with Crippen molar-refractivity contribution in [3.8, 4) is 0 Å². The van der Waals surface area contributed by atoms with Crippen molar-refractivity contribution in [2.45, 2.75) is 57.7 Å². The van der Waals surface area contributed by atoms with E-state index in [-0.39, 0.29) is 11.7 Å². The van der Waals surface area contributed by atoms with E-state index in [1.807, 2.05) is 0 Å². The number of hydrogen-bond acceptors (Lipinski definition) is 3. The van der Waals surface area contributed by atoms with E-state index in [4.69, 9.17) is 0 Å². The summed E-state index contributed by atoms with van der Waals surface area (Å²) in [6, 6.07) is 0. The van der Waals surface area contributed by atoms with Crippen molar-refractivity contribution < 1.29 is 4.79 Å². The second-order valence-electron chi connectivity index (χ2n) is 7.20. The third-order valence-corrected chi connectivity index (χ3v) is 5.37. The molecule has 1 unspecified atom stereocenters. The molecule has 1 N–H and O–H groups in total. The molecule has 0 aromatic heterocycles. The van der Waals surface area contributed by atoms with Gasteiger partial charge >= 0.3 is 0 Å². The minimum atomic E-state index is -0.150. The normalized spacial score (nSPS) is 33.1. The fourth-order valence-electron chi connectivity index (χ4n) is 3.59. The fraction of sp³-hybridized carbons (Fsp3) is 0.933. The van der Waals surface area contributed by atoms with Crippen molar-refractivity contribution in [1.29, 1.82) is 0 Å². The van der Waals surface area contributed by atoms with E-state index in [9.17, 15) is 4.79 Å². The minimum absolute atomic E-state index is 0.150. The highest BCUT2D eigenvalue weighted by atomic mass is 16.2. The van der Waals surface area contributed by atoms with Gasteiger partial charge in [-0.2, -0.15) is 0 Å². The van der Waals surface area contributed by atoms with E-state index < -0.39 is 0 Å². The van der Waals surface area contributed by atoms with Gasteiger partial charge in [0.1, 0.15) is 0 Å². The molecule has 3 aliphatic rings. The summed E-state index contributed by atoms with van der Waals surface area (Å²) >= 11 is 0. The first-order valence-electron chi connectivity index (χ1n) is 7.75. The van der Waals surface area contributed by atoms with Gasteiger partial charge in [0.25, 0.3) is 0 Å². The molecule has 1 aliphatic carbocycles. The van der Waals surface area contributed by atoms with Gasteiger partial charge in [-0.3, -0.25) is 10.1 Å². The molecule has 0 aromatic carbocycles. The number of carbonyl (C=O) groups is 1. The zero-order chi connectivity index (χ0) is 13.7. The lowest BCUT2D eigenvalue weighted by molar-refractivity contribution is -0.132. The molecule has 1 saturated carbocycles. The molecule has 4 heteroatoms. The molecule has 1 spiro atoms. The first kappa shape index (κ1) is 13.4. The van der Waals surface area contributed by atoms with E-state index in [2.05, 4.69) is 36.0 Å². The molecule has 4 nitrogen and oxygen atoms in total. The van der Waals surface area contributed by atoms with Crippen LogP contribution in [0, 0.1) is 5.41 Å². The molecule has 19 heavy (non-hydrogen) atoms. The van der Waals surface area contributed by atoms with Crippen molar-refractivity contribution >= 4 is 5.91 Å². The lowest BCUT2D eigenvalue weighted by atomic mass is 9.80. The number of piperidine rings is 1. The Balaban J connectivity index is 1.69. The summed E-state index contributed by atoms with van der Waals surface area (Å²) in [6.45, 7) is 7.79. The lowest BCUT2D eigenvalue weighted by Crippen LogP contribution is -2.47. The second-order valence-corrected chi connectivity index (χ2v) is 7.20. The number of nitrogens with zero attached hydrogens (tertiary/aromatic N) is 2. The average molecular weight is 265 g/mol. The molecule has 0 aromatic rings. The highest BCUT2D eigenvalue weighted by molar-refractivity contribution is 5.91. The van der Waals surface area contributed by atoms with Crippen LogP contribution in [0.4, 0.5) is 0 Å². The Morgan fingerprint density at radius 2 is 1.89 bits per heavy atom. The second kappa shape index (κ2) is 4.45. The standard InChI is InChI=1S/C15H27N3O/c1-4-12-16-15(5-6-15)13(19)18(12)11-14(2)7-9-17(3)10-8-14/h12,16H,4-11H2,1-3H3. The Labute approximate surface area is 116 Å². The number of amides is 1. The monoisotopic (exact) mass is 265 g/mol. The van der Waals surface area contributed by atoms with E-state index in [1.165, 1.54) is 12.8 Å². The Hall–Kier alpha value is -0.610. The highest BCUT2D eigenvalue weighted by Crippen LogP contribution is 2.44. The summed E-state index contributed by atoms with van der Waals surface area (Å²) in [5.74, 6) is 0.375. The molecule has 1 atom stereocenters. The van der Waals surface area contributed by atoms with Crippen LogP contribution in [-0.2, 0) is 4.79 Å². The van der Waals surface area contributed by atoms with Crippen LogP contribution in [0.25, 0.3) is 0 Å². The molecule has 2 saturated heterocycles. The molecule has 108 valence electrons. The number of rotatable bonds is 3. The molecule has 0 radical (unpaired) electrons. The van der Waals surface area contributed by atoms with Crippen LogP contribution in [0.1, 0.15) is 46.0 Å². The number of carbonyl (C=O) groups excluding carboxylic acids is 1. The molecule has 2 heterocycles. The SMILES string of the molecule is CCC1NC2(CC2)C(=O)N1CC1(C)CCN(C)CC1. The van der Waals surface area contributed by atoms with Crippen LogP contribution in [0.15, 0.2) is 0 Å². The fourth-order valence-corrected chi connectivity index (χ4v) is 3.59. The number of nitrogens with one attached hydrogen (secondary N) is 1. The minimum Gasteiger partial charge on any atom is -0.325 e. The third kappa shape index (κ3) is 2.29. The van der Waals surface area contributed by atoms with E-state index in [0.29, 0.717) is 11.3 Å². The maximum atomic E-state index is 12.6. The highest BCUT2D eigenvalue weighted by Gasteiger charge is 2.59. The van der Waals surface area contributed by atoms with Gasteiger partial charge in [-0.15, -0.1) is 0 Å². The van der Waals surface area contributed by atoms with Crippen LogP contribution in [0.2, 0.25) is 0 Å². The summed E-state index contributed by atoms with van der Waals surface area (Å²) in [5.41, 5.74) is 0.153. The van der Waals surface area contributed by atoms with Gasteiger partial charge < -0.3 is 9.80 Å². The van der Waals surface area contributed by atoms with Crippen LogP contribution in [0.3, 0.4) is 0 Å². The molecule has 1 amide bonds. The Kier molecular flexibility index (Phi) is 3.13. The Morgan fingerprint density at radius 3 is 2.42 bits per heavy atom. The number of hydrogen-bond donors (Lipinski definition) is 1. The van der Waals surface area contributed by atoms with Gasteiger partial charge in [0.05, 0.1) is 11.7 Å². The zero-order valence-electron chi connectivity index (χ0n) is 12.5. The van der Waals surface area contributed by atoms with Crippen molar-refractivity contribution in [1.82, 2.24) is 15.1 Å². The Morgan fingerprint density at radius 1 is 1.26 bits per heavy atom. The maximum absolute atomic E-state index is 12.6. The third-order valence-electron chi connectivity index (χ3n) is 5.37. The quantitative estimate of drug-likeness (QED) is 0.838. The summed E-state index contributed by atoms with van der Waals surface area (Å²) < 4.78 is 0. The topological polar surface area (TPSA) is 35.6 Å². The van der Waals surface area contributed by atoms with E-state index >= 15 is 0 Å². The van der Waals surface area contributed by atoms with Crippen LogP contribution in [0.5, 0.6) is 0 Å². The van der Waals surface area contributed by atoms with Crippen LogP contribution in [-0.4, -0.2) is 54.1 Å². The maximum Gasteiger partial charge on any atom is 0.244 e. The first-order valence-corrected chi connectivity index (χ1v) is 7.75. The molecule has 0 bridgehead atoms. The summed E-state index contributed by atoms with van der Waals surface area (Å²) in [4.78, 5) is 17.1. The predicted octanol–water partition coefficient (Wildman–Crippen LogP) is 1.42. The molecule has 2 aliphatic heterocycles. The van der Waals surface area contributed by atoms with Crippen molar-refractivity contribution in [2.75, 3.05) is 26.7 Å². The van der Waals surface area contributed by atoms with Gasteiger partial charge in [-0.05, 0) is 57.7 Å². The van der Waals surface area contributed by atoms with Crippen LogP contribution < -0.4 is 5.32 Å². The molecular formula is C15H27N3O. The van der Waals surface area contributed by atoms with Crippen molar-refractivity contribution in [3.63, 3.8) is 0 Å². The van der Waals surface area contributed by atoms with Crippen molar-refractivity contribution in [3.05, 3.63) is 0 Å². The van der Waals surface area contributed by atoms with Gasteiger partial charge in [0, 0.05) is 6.54 Å². The predicted molar refractivity (Wildman–Crippen MR) is 75.7 cm³/mol. The van der Waals surface area contributed by atoms with Gasteiger partial charge in [0.15, 0.2) is 0 Å². The van der Waals surface area contributed by atoms with E-state index in [1.54, 1.807) is 0 Å². The van der Waals surface area contributed by atoms with Crippen molar-refractivity contribution in [2.24, 2.45) is 5.41 Å². The Bertz CT molecular complexity index is 370. The summed E-state index contributed by atoms with van der Waals surface area (Å²) in [6.07, 6.45) is 5.78. The zero-order valence-corrected chi connectivity index (χ0v) is 12.5. The largest absolute Gasteiger partial charge is 0.325 e. The smallest absolute Gasteiger partial charge is 0.244 e. The average Bonchev–Trinajstić information content (AvgIpc) is 3.13. The molecule has 3 fully saturated rings. The van der Waals surface area contributed by atoms with Gasteiger partial charge in [-0.25, -0.2) is 0 Å². The summed E-state index contributed by atoms with van der Waals surface area (Å²) in [7, 11) is 2.19. The molecular weight excluding hydrogens is 238 g/mol. The molecule has 3 rings (SSSR count).